The number of nitrogens with zero attached hydrogens (tertiary/aromatic N) is 3. The number of carbonyl (C=O) groups is 1. The number of H-pyrrole nitrogens is 3. The highest BCUT2D eigenvalue weighted by atomic mass is 19.1. The molecule has 6 rings (SSSR count). The Kier molecular flexibility index (Phi) is 4.65. The number of aromatic nitrogens is 6. The number of aromatic amines is 3. The highest BCUT2D eigenvalue weighted by molar-refractivity contribution is 5.95. The van der Waals surface area contributed by atoms with Gasteiger partial charge in [0.1, 0.15) is 11.5 Å². The Balaban J connectivity index is 1.22. The summed E-state index contributed by atoms with van der Waals surface area (Å²) in [6, 6.07) is 21.3. The first-order valence-electron chi connectivity index (χ1n) is 10.7. The lowest BCUT2D eigenvalue weighted by Crippen LogP contribution is -2.14. The molecule has 0 fully saturated rings. The molecular formula is C25H18FN7O. The van der Waals surface area contributed by atoms with Crippen molar-refractivity contribution in [3.63, 3.8) is 0 Å². The number of nitrogens with one attached hydrogen (secondary N) is 4. The van der Waals surface area contributed by atoms with E-state index in [-0.39, 0.29) is 12.3 Å². The summed E-state index contributed by atoms with van der Waals surface area (Å²) in [4.78, 5) is 20.3. The molecule has 0 saturated carbocycles. The van der Waals surface area contributed by atoms with Crippen LogP contribution in [0.1, 0.15) is 5.69 Å². The second kappa shape index (κ2) is 7.96. The van der Waals surface area contributed by atoms with Crippen LogP contribution in [0.4, 0.5) is 10.1 Å². The van der Waals surface area contributed by atoms with Gasteiger partial charge in [-0.25, -0.2) is 9.37 Å². The van der Waals surface area contributed by atoms with Gasteiger partial charge >= 0.3 is 0 Å². The van der Waals surface area contributed by atoms with Crippen molar-refractivity contribution in [2.45, 2.75) is 6.42 Å². The van der Waals surface area contributed by atoms with E-state index in [0.29, 0.717) is 22.9 Å². The molecule has 3 aromatic carbocycles. The molecule has 4 N–H and O–H groups in total. The van der Waals surface area contributed by atoms with Gasteiger partial charge in [-0.3, -0.25) is 15.0 Å². The number of halogens is 1. The minimum atomic E-state index is -0.403. The Labute approximate surface area is 192 Å². The largest absolute Gasteiger partial charge is 0.337 e. The van der Waals surface area contributed by atoms with Crippen LogP contribution in [0.3, 0.4) is 0 Å². The van der Waals surface area contributed by atoms with E-state index in [4.69, 9.17) is 0 Å². The van der Waals surface area contributed by atoms with Crippen LogP contribution in [0, 0.1) is 5.82 Å². The van der Waals surface area contributed by atoms with Gasteiger partial charge in [0.05, 0.1) is 28.7 Å². The van der Waals surface area contributed by atoms with Gasteiger partial charge in [-0.1, -0.05) is 24.3 Å². The molecule has 0 atom stereocenters. The zero-order chi connectivity index (χ0) is 23.1. The molecule has 0 unspecified atom stereocenters. The van der Waals surface area contributed by atoms with Crippen LogP contribution >= 0.6 is 0 Å². The molecule has 6 aromatic rings. The van der Waals surface area contributed by atoms with Crippen molar-refractivity contribution in [1.29, 1.82) is 0 Å². The zero-order valence-electron chi connectivity index (χ0n) is 17.8. The third kappa shape index (κ3) is 3.69. The fraction of sp³-hybridized carbons (Fsp3) is 0.0400. The average molecular weight is 451 g/mol. The fourth-order valence-electron chi connectivity index (χ4n) is 3.97. The lowest BCUT2D eigenvalue weighted by Gasteiger charge is -2.03. The number of rotatable bonds is 5. The maximum atomic E-state index is 13.3. The molecule has 8 nitrogen and oxygen atoms in total. The monoisotopic (exact) mass is 451 g/mol. The van der Waals surface area contributed by atoms with Crippen molar-refractivity contribution in [1.82, 2.24) is 30.4 Å². The molecule has 0 aliphatic heterocycles. The Bertz CT molecular complexity index is 1630. The average Bonchev–Trinajstić information content (AvgIpc) is 3.56. The second-order valence-corrected chi connectivity index (χ2v) is 7.95. The number of fused-ring (bicyclic) bond motifs is 2. The number of amides is 1. The Hall–Kier alpha value is -4.79. The quantitative estimate of drug-likeness (QED) is 0.301. The molecule has 0 aliphatic rings. The van der Waals surface area contributed by atoms with E-state index >= 15 is 0 Å². The molecule has 166 valence electrons. The number of hydrogen-bond acceptors (Lipinski definition) is 4. The summed E-state index contributed by atoms with van der Waals surface area (Å²) in [5.74, 6) is 0.0335. The van der Waals surface area contributed by atoms with Crippen LogP contribution in [0.5, 0.6) is 0 Å². The molecule has 34 heavy (non-hydrogen) atoms. The summed E-state index contributed by atoms with van der Waals surface area (Å²) in [6.45, 7) is 0. The van der Waals surface area contributed by atoms with E-state index in [1.54, 1.807) is 12.1 Å². The van der Waals surface area contributed by atoms with Crippen molar-refractivity contribution in [2.75, 3.05) is 5.32 Å². The molecule has 0 saturated heterocycles. The van der Waals surface area contributed by atoms with Crippen LogP contribution in [-0.4, -0.2) is 36.3 Å². The number of anilines is 1. The van der Waals surface area contributed by atoms with Gasteiger partial charge in [-0.15, -0.1) is 0 Å². The summed E-state index contributed by atoms with van der Waals surface area (Å²) in [6.07, 6.45) is 0.0893. The van der Waals surface area contributed by atoms with Gasteiger partial charge in [0, 0.05) is 22.3 Å². The summed E-state index contributed by atoms with van der Waals surface area (Å²) >= 11 is 0. The van der Waals surface area contributed by atoms with Gasteiger partial charge in [0.2, 0.25) is 5.91 Å². The van der Waals surface area contributed by atoms with E-state index in [0.717, 1.165) is 33.2 Å². The predicted molar refractivity (Wildman–Crippen MR) is 127 cm³/mol. The van der Waals surface area contributed by atoms with Crippen LogP contribution < -0.4 is 5.32 Å². The minimum absolute atomic E-state index is 0.0893. The van der Waals surface area contributed by atoms with E-state index in [1.165, 1.54) is 12.1 Å². The number of carbonyl (C=O) groups excluding carboxylic acids is 1. The van der Waals surface area contributed by atoms with Gasteiger partial charge in [0.25, 0.3) is 0 Å². The predicted octanol–water partition coefficient (Wildman–Crippen LogP) is 4.82. The minimum Gasteiger partial charge on any atom is -0.337 e. The lowest BCUT2D eigenvalue weighted by molar-refractivity contribution is -0.115. The number of hydrogen-bond donors (Lipinski definition) is 4. The van der Waals surface area contributed by atoms with E-state index in [1.807, 2.05) is 48.5 Å². The molecule has 3 aromatic heterocycles. The van der Waals surface area contributed by atoms with Crippen molar-refractivity contribution in [2.24, 2.45) is 0 Å². The Morgan fingerprint density at radius 1 is 0.912 bits per heavy atom. The highest BCUT2D eigenvalue weighted by Crippen LogP contribution is 2.29. The fourth-order valence-corrected chi connectivity index (χ4v) is 3.97. The summed E-state index contributed by atoms with van der Waals surface area (Å²) in [5.41, 5.74) is 6.07. The van der Waals surface area contributed by atoms with Gasteiger partial charge in [0.15, 0.2) is 5.82 Å². The van der Waals surface area contributed by atoms with Gasteiger partial charge < -0.3 is 10.3 Å². The van der Waals surface area contributed by atoms with Crippen LogP contribution in [-0.2, 0) is 11.2 Å². The molecule has 0 radical (unpaired) electrons. The number of imidazole rings is 1. The molecular weight excluding hydrogens is 433 g/mol. The Morgan fingerprint density at radius 2 is 1.82 bits per heavy atom. The van der Waals surface area contributed by atoms with E-state index in [2.05, 4.69) is 35.7 Å². The van der Waals surface area contributed by atoms with Gasteiger partial charge in [-0.05, 0) is 48.5 Å². The summed E-state index contributed by atoms with van der Waals surface area (Å²) in [5, 5.41) is 18.4. The lowest BCUT2D eigenvalue weighted by atomic mass is 10.1. The van der Waals surface area contributed by atoms with Crippen molar-refractivity contribution < 1.29 is 9.18 Å². The number of para-hydroxylation sites is 2. The first-order chi connectivity index (χ1) is 16.6. The third-order valence-electron chi connectivity index (χ3n) is 5.56. The van der Waals surface area contributed by atoms with Crippen molar-refractivity contribution in [3.8, 4) is 22.8 Å². The van der Waals surface area contributed by atoms with E-state index in [9.17, 15) is 9.18 Å². The topological polar surface area (TPSA) is 115 Å². The van der Waals surface area contributed by atoms with Crippen LogP contribution in [0.2, 0.25) is 0 Å². The van der Waals surface area contributed by atoms with Crippen molar-refractivity contribution >= 4 is 33.5 Å². The zero-order valence-corrected chi connectivity index (χ0v) is 17.8. The van der Waals surface area contributed by atoms with Crippen LogP contribution in [0.15, 0.2) is 72.8 Å². The molecule has 9 heteroatoms. The normalized spacial score (nSPS) is 11.3. The highest BCUT2D eigenvalue weighted by Gasteiger charge is 2.14. The van der Waals surface area contributed by atoms with Crippen LogP contribution in [0.25, 0.3) is 44.7 Å². The first-order valence-corrected chi connectivity index (χ1v) is 10.7. The summed E-state index contributed by atoms with van der Waals surface area (Å²) in [7, 11) is 0. The molecule has 0 aliphatic carbocycles. The molecule has 3 heterocycles. The van der Waals surface area contributed by atoms with E-state index < -0.39 is 5.82 Å². The Morgan fingerprint density at radius 3 is 2.71 bits per heavy atom. The third-order valence-corrected chi connectivity index (χ3v) is 5.56. The smallest absolute Gasteiger partial charge is 0.230 e. The molecule has 1 amide bonds. The first kappa shape index (κ1) is 19.9. The second-order valence-electron chi connectivity index (χ2n) is 7.95. The van der Waals surface area contributed by atoms with Gasteiger partial charge in [-0.2, -0.15) is 10.2 Å². The SMILES string of the molecule is O=C(Cc1cc(-c2ccc3c(-c4nc5ccccc5[nH]4)n[nH]c3c2)n[nH]1)Nc1cccc(F)c1. The maximum Gasteiger partial charge on any atom is 0.230 e. The molecule has 0 spiro atoms. The molecule has 0 bridgehead atoms. The number of benzene rings is 3. The van der Waals surface area contributed by atoms with Crippen molar-refractivity contribution in [3.05, 3.63) is 84.3 Å². The summed E-state index contributed by atoms with van der Waals surface area (Å²) < 4.78 is 13.3. The maximum absolute atomic E-state index is 13.3. The standard InChI is InChI=1S/C25H18FN7O/c26-15-4-3-5-16(11-15)27-23(34)13-17-12-21(31-30-17)14-8-9-18-22(10-14)32-33-24(18)25-28-19-6-1-2-7-20(19)29-25/h1-12H,13H2,(H,27,34)(H,28,29)(H,30,31)(H,32,33).